The minimum absolute atomic E-state index is 0.415. The van der Waals surface area contributed by atoms with E-state index in [1.165, 1.54) is 35.0 Å². The van der Waals surface area contributed by atoms with Gasteiger partial charge in [0.05, 0.1) is 22.4 Å². The molecule has 1 aromatic heterocycles. The van der Waals surface area contributed by atoms with Crippen molar-refractivity contribution < 1.29 is 4.21 Å². The zero-order valence-electron chi connectivity index (χ0n) is 14.5. The molecule has 2 aliphatic heterocycles. The summed E-state index contributed by atoms with van der Waals surface area (Å²) in [5, 5.41) is 14.0. The largest absolute Gasteiger partial charge is 0.347 e. The average molecular weight is 361 g/mol. The summed E-state index contributed by atoms with van der Waals surface area (Å²) in [6.45, 7) is 0. The molecule has 1 saturated heterocycles. The summed E-state index contributed by atoms with van der Waals surface area (Å²) in [6.07, 6.45) is 3.47. The third-order valence-electron chi connectivity index (χ3n) is 5.76. The smallest absolute Gasteiger partial charge is 0.0992 e. The van der Waals surface area contributed by atoms with Crippen molar-refractivity contribution in [3.63, 3.8) is 0 Å². The molecule has 2 aromatic carbocycles. The Morgan fingerprint density at radius 1 is 1.19 bits per heavy atom. The first-order chi connectivity index (χ1) is 12.7. The Kier molecular flexibility index (Phi) is 3.53. The molecule has 5 rings (SSSR count). The lowest BCUT2D eigenvalue weighted by Crippen LogP contribution is -2.32. The normalized spacial score (nSPS) is 22.2. The summed E-state index contributed by atoms with van der Waals surface area (Å²) in [5.41, 5.74) is 4.55. The van der Waals surface area contributed by atoms with Gasteiger partial charge in [0.15, 0.2) is 0 Å². The number of nitriles is 1. The van der Waals surface area contributed by atoms with Crippen molar-refractivity contribution in [3.8, 4) is 6.07 Å². The standard InChI is InChI=1S/C21H19N3OS/c1-24-19-8-6-16(26(25)15-4-2-3-13(9-15)12-22)11-17(19)21-18-7-5-14(23-18)10-20(21)24/h2-4,6,8-9,11,14,18,23H,5,7,10H2,1H3. The van der Waals surface area contributed by atoms with Crippen LogP contribution in [0.5, 0.6) is 0 Å². The molecule has 0 aliphatic carbocycles. The van der Waals surface area contributed by atoms with Gasteiger partial charge in [-0.25, -0.2) is 4.21 Å². The predicted octanol–water partition coefficient (Wildman–Crippen LogP) is 3.57. The lowest BCUT2D eigenvalue weighted by molar-refractivity contribution is 0.503. The van der Waals surface area contributed by atoms with Crippen LogP contribution in [0, 0.1) is 11.3 Å². The predicted molar refractivity (Wildman–Crippen MR) is 101 cm³/mol. The molecular formula is C21H19N3OS. The number of fused-ring (bicyclic) bond motifs is 6. The van der Waals surface area contributed by atoms with Crippen molar-refractivity contribution >= 4 is 21.7 Å². The molecule has 130 valence electrons. The SMILES string of the molecule is Cn1c2c(c3cc(S(=O)c4cccc(C#N)c4)ccc31)C1CCC(C2)N1. The van der Waals surface area contributed by atoms with Crippen LogP contribution in [0.3, 0.4) is 0 Å². The Labute approximate surface area is 154 Å². The zero-order chi connectivity index (χ0) is 17.8. The van der Waals surface area contributed by atoms with Crippen molar-refractivity contribution in [3.05, 3.63) is 59.3 Å². The van der Waals surface area contributed by atoms with E-state index in [1.807, 2.05) is 12.1 Å². The molecule has 0 saturated carbocycles. The van der Waals surface area contributed by atoms with Crippen molar-refractivity contribution in [1.29, 1.82) is 5.26 Å². The van der Waals surface area contributed by atoms with Gasteiger partial charge in [-0.3, -0.25) is 0 Å². The minimum Gasteiger partial charge on any atom is -0.347 e. The highest BCUT2D eigenvalue weighted by atomic mass is 32.2. The van der Waals surface area contributed by atoms with Crippen molar-refractivity contribution in [1.82, 2.24) is 9.88 Å². The molecule has 5 heteroatoms. The van der Waals surface area contributed by atoms with Crippen LogP contribution in [0.4, 0.5) is 0 Å². The first kappa shape index (κ1) is 15.8. The summed E-state index contributed by atoms with van der Waals surface area (Å²) in [6, 6.07) is 16.3. The van der Waals surface area contributed by atoms with E-state index in [0.717, 1.165) is 11.3 Å². The molecule has 3 aromatic rings. The Bertz CT molecular complexity index is 1110. The monoisotopic (exact) mass is 361 g/mol. The second-order valence-electron chi connectivity index (χ2n) is 7.20. The van der Waals surface area contributed by atoms with Gasteiger partial charge in [-0.1, -0.05) is 6.07 Å². The van der Waals surface area contributed by atoms with E-state index in [-0.39, 0.29) is 0 Å². The topological polar surface area (TPSA) is 57.8 Å². The molecule has 0 spiro atoms. The zero-order valence-corrected chi connectivity index (χ0v) is 15.3. The van der Waals surface area contributed by atoms with Crippen molar-refractivity contribution in [2.24, 2.45) is 7.05 Å². The number of nitrogens with one attached hydrogen (secondary N) is 1. The number of benzene rings is 2. The highest BCUT2D eigenvalue weighted by Gasteiger charge is 2.35. The molecule has 26 heavy (non-hydrogen) atoms. The maximum Gasteiger partial charge on any atom is 0.0992 e. The van der Waals surface area contributed by atoms with Gasteiger partial charge in [0, 0.05) is 51.9 Å². The second-order valence-corrected chi connectivity index (χ2v) is 8.68. The van der Waals surface area contributed by atoms with Gasteiger partial charge in [0.1, 0.15) is 0 Å². The number of hydrogen-bond acceptors (Lipinski definition) is 3. The summed E-state index contributed by atoms with van der Waals surface area (Å²) in [4.78, 5) is 1.47. The van der Waals surface area contributed by atoms with Crippen molar-refractivity contribution in [2.45, 2.75) is 41.1 Å². The van der Waals surface area contributed by atoms with E-state index in [1.54, 1.807) is 18.2 Å². The van der Waals surface area contributed by atoms with E-state index < -0.39 is 10.8 Å². The van der Waals surface area contributed by atoms with E-state index in [0.29, 0.717) is 22.5 Å². The fraction of sp³-hybridized carbons (Fsp3) is 0.286. The highest BCUT2D eigenvalue weighted by molar-refractivity contribution is 7.85. The molecule has 4 nitrogen and oxygen atoms in total. The van der Waals surface area contributed by atoms with Crippen LogP contribution < -0.4 is 5.32 Å². The second kappa shape index (κ2) is 5.80. The van der Waals surface area contributed by atoms with E-state index >= 15 is 0 Å². The molecule has 2 aliphatic rings. The molecule has 0 radical (unpaired) electrons. The lowest BCUT2D eigenvalue weighted by Gasteiger charge is -2.23. The van der Waals surface area contributed by atoms with Gasteiger partial charge in [0.2, 0.25) is 0 Å². The Morgan fingerprint density at radius 3 is 2.88 bits per heavy atom. The highest BCUT2D eigenvalue weighted by Crippen LogP contribution is 2.42. The molecule has 3 atom stereocenters. The van der Waals surface area contributed by atoms with Crippen LogP contribution in [-0.4, -0.2) is 14.8 Å². The number of nitrogens with zero attached hydrogens (tertiary/aromatic N) is 2. The number of aryl methyl sites for hydroxylation is 1. The number of hydrogen-bond donors (Lipinski definition) is 1. The fourth-order valence-corrected chi connectivity index (χ4v) is 5.64. The lowest BCUT2D eigenvalue weighted by atomic mass is 9.99. The molecule has 1 N–H and O–H groups in total. The van der Waals surface area contributed by atoms with Crippen LogP contribution in [0.1, 0.15) is 35.7 Å². The average Bonchev–Trinajstić information content (AvgIpc) is 3.20. The van der Waals surface area contributed by atoms with Crippen LogP contribution in [0.15, 0.2) is 52.3 Å². The first-order valence-electron chi connectivity index (χ1n) is 8.95. The molecule has 2 bridgehead atoms. The van der Waals surface area contributed by atoms with E-state index in [4.69, 9.17) is 5.26 Å². The fourth-order valence-electron chi connectivity index (χ4n) is 4.51. The summed E-state index contributed by atoms with van der Waals surface area (Å²) >= 11 is 0. The molecule has 1 fully saturated rings. The maximum absolute atomic E-state index is 13.1. The van der Waals surface area contributed by atoms with Gasteiger partial charge in [-0.15, -0.1) is 0 Å². The summed E-state index contributed by atoms with van der Waals surface area (Å²) in [7, 11) is 0.848. The summed E-state index contributed by atoms with van der Waals surface area (Å²) in [5.74, 6) is 0. The quantitative estimate of drug-likeness (QED) is 0.759. The number of rotatable bonds is 2. The van der Waals surface area contributed by atoms with Gasteiger partial charge in [0.25, 0.3) is 0 Å². The van der Waals surface area contributed by atoms with Gasteiger partial charge < -0.3 is 9.88 Å². The maximum atomic E-state index is 13.1. The summed E-state index contributed by atoms with van der Waals surface area (Å²) < 4.78 is 15.4. The van der Waals surface area contributed by atoms with Gasteiger partial charge in [-0.2, -0.15) is 5.26 Å². The molecule has 3 unspecified atom stereocenters. The first-order valence-corrected chi connectivity index (χ1v) is 10.1. The van der Waals surface area contributed by atoms with E-state index in [9.17, 15) is 4.21 Å². The third kappa shape index (κ3) is 2.26. The van der Waals surface area contributed by atoms with Gasteiger partial charge in [-0.05, 0) is 54.8 Å². The van der Waals surface area contributed by atoms with Crippen LogP contribution >= 0.6 is 0 Å². The molecule has 0 amide bonds. The minimum atomic E-state index is -1.29. The Balaban J connectivity index is 1.64. The molecular weight excluding hydrogens is 342 g/mol. The number of aromatic nitrogens is 1. The van der Waals surface area contributed by atoms with Gasteiger partial charge >= 0.3 is 0 Å². The molecule has 3 heterocycles. The Morgan fingerprint density at radius 2 is 2.04 bits per heavy atom. The van der Waals surface area contributed by atoms with Crippen molar-refractivity contribution in [2.75, 3.05) is 0 Å². The Hall–Kier alpha value is -2.42. The van der Waals surface area contributed by atoms with Crippen LogP contribution in [0.2, 0.25) is 0 Å². The van der Waals surface area contributed by atoms with Crippen LogP contribution in [-0.2, 0) is 24.3 Å². The third-order valence-corrected chi connectivity index (χ3v) is 7.12. The van der Waals surface area contributed by atoms with Crippen LogP contribution in [0.25, 0.3) is 10.9 Å². The van der Waals surface area contributed by atoms with E-state index in [2.05, 4.69) is 35.1 Å².